The normalized spacial score (nSPS) is 11.4. The van der Waals surface area contributed by atoms with Gasteiger partial charge in [-0.25, -0.2) is 0 Å². The predicted octanol–water partition coefficient (Wildman–Crippen LogP) is 7.59. The fraction of sp³-hybridized carbons (Fsp3) is 0.370. The first-order chi connectivity index (χ1) is 14.3. The van der Waals surface area contributed by atoms with E-state index in [1.54, 1.807) is 0 Å². The number of hydrogen-bond acceptors (Lipinski definition) is 2. The predicted molar refractivity (Wildman–Crippen MR) is 128 cm³/mol. The molecule has 0 saturated heterocycles. The van der Waals surface area contributed by atoms with Crippen molar-refractivity contribution in [1.82, 2.24) is 4.98 Å². The highest BCUT2D eigenvalue weighted by Gasteiger charge is 2.06. The summed E-state index contributed by atoms with van der Waals surface area (Å²) in [7, 11) is 0. The minimum absolute atomic E-state index is 1.04. The Balaban J connectivity index is 1.70. The van der Waals surface area contributed by atoms with Gasteiger partial charge in [-0.15, -0.1) is 0 Å². The highest BCUT2D eigenvalue weighted by atomic mass is 15.1. The molecule has 0 unspecified atom stereocenters. The summed E-state index contributed by atoms with van der Waals surface area (Å²) >= 11 is 0. The Morgan fingerprint density at radius 2 is 1.45 bits per heavy atom. The highest BCUT2D eigenvalue weighted by Crippen LogP contribution is 2.21. The number of fused-ring (bicyclic) bond motifs is 1. The maximum absolute atomic E-state index is 4.45. The summed E-state index contributed by atoms with van der Waals surface area (Å²) in [5, 5.41) is 1.20. The molecule has 0 aliphatic carbocycles. The van der Waals surface area contributed by atoms with Gasteiger partial charge in [-0.1, -0.05) is 82.0 Å². The van der Waals surface area contributed by atoms with Crippen molar-refractivity contribution >= 4 is 28.7 Å². The number of benzene rings is 2. The Bertz CT molecular complexity index is 881. The van der Waals surface area contributed by atoms with Crippen molar-refractivity contribution < 1.29 is 0 Å². The largest absolute Gasteiger partial charge is 0.372 e. The molecular weight excluding hydrogens is 352 g/mol. The molecular formula is C27H34N2. The van der Waals surface area contributed by atoms with Gasteiger partial charge >= 0.3 is 0 Å². The molecule has 0 bridgehead atoms. The summed E-state index contributed by atoms with van der Waals surface area (Å²) in [6.45, 7) is 6.87. The molecule has 0 aliphatic heterocycles. The molecule has 1 heterocycles. The third-order valence-corrected chi connectivity index (χ3v) is 5.46. The van der Waals surface area contributed by atoms with Gasteiger partial charge in [-0.2, -0.15) is 0 Å². The molecule has 0 radical (unpaired) electrons. The standard InChI is InChI=1S/C27H34N2/c1-3-5-9-21-29(22-10-6-4-2)25-17-14-23(15-18-25)13-16-24-19-20-28-27-12-8-7-11-26(24)27/h7-8,11-20H,3-6,9-10,21-22H2,1-2H3/b16-13-. The molecule has 0 N–H and O–H groups in total. The molecule has 0 fully saturated rings. The Morgan fingerprint density at radius 1 is 0.759 bits per heavy atom. The number of anilines is 1. The summed E-state index contributed by atoms with van der Waals surface area (Å²) in [4.78, 5) is 7.01. The molecule has 0 spiro atoms. The van der Waals surface area contributed by atoms with E-state index in [1.165, 1.54) is 60.7 Å². The Labute approximate surface area is 176 Å². The van der Waals surface area contributed by atoms with E-state index in [4.69, 9.17) is 0 Å². The van der Waals surface area contributed by atoms with Gasteiger partial charge in [0.25, 0.3) is 0 Å². The summed E-state index contributed by atoms with van der Waals surface area (Å²) in [5.74, 6) is 0. The molecule has 0 aliphatic rings. The average Bonchev–Trinajstić information content (AvgIpc) is 2.77. The zero-order valence-electron chi connectivity index (χ0n) is 18.0. The van der Waals surface area contributed by atoms with Crippen molar-refractivity contribution in [3.8, 4) is 0 Å². The summed E-state index contributed by atoms with van der Waals surface area (Å²) < 4.78 is 0. The van der Waals surface area contributed by atoms with Crippen LogP contribution in [0.4, 0.5) is 5.69 Å². The Hall–Kier alpha value is -2.61. The fourth-order valence-corrected chi connectivity index (χ4v) is 3.72. The van der Waals surface area contributed by atoms with Crippen LogP contribution < -0.4 is 4.90 Å². The van der Waals surface area contributed by atoms with Crippen LogP contribution in [0.1, 0.15) is 63.5 Å². The van der Waals surface area contributed by atoms with Crippen LogP contribution in [0.5, 0.6) is 0 Å². The molecule has 1 aromatic heterocycles. The first-order valence-corrected chi connectivity index (χ1v) is 11.2. The summed E-state index contributed by atoms with van der Waals surface area (Å²) in [6.07, 6.45) is 14.0. The number of pyridine rings is 1. The molecule has 3 aromatic rings. The van der Waals surface area contributed by atoms with Crippen LogP contribution in [0.15, 0.2) is 60.8 Å². The molecule has 2 aromatic carbocycles. The van der Waals surface area contributed by atoms with Gasteiger partial charge in [-0.05, 0) is 48.2 Å². The van der Waals surface area contributed by atoms with Crippen molar-refractivity contribution in [3.05, 3.63) is 71.9 Å². The van der Waals surface area contributed by atoms with Gasteiger partial charge in [-0.3, -0.25) is 4.98 Å². The molecule has 0 saturated carbocycles. The molecule has 3 rings (SSSR count). The summed E-state index contributed by atoms with van der Waals surface area (Å²) in [5.41, 5.74) is 4.83. The minimum Gasteiger partial charge on any atom is -0.372 e. The van der Waals surface area contributed by atoms with E-state index in [9.17, 15) is 0 Å². The number of aromatic nitrogens is 1. The second-order valence-electron chi connectivity index (χ2n) is 7.74. The summed E-state index contributed by atoms with van der Waals surface area (Å²) in [6, 6.07) is 19.4. The van der Waals surface area contributed by atoms with E-state index in [-0.39, 0.29) is 0 Å². The van der Waals surface area contributed by atoms with Crippen molar-refractivity contribution in [1.29, 1.82) is 0 Å². The van der Waals surface area contributed by atoms with Crippen molar-refractivity contribution in [2.24, 2.45) is 0 Å². The third kappa shape index (κ3) is 6.19. The van der Waals surface area contributed by atoms with E-state index < -0.39 is 0 Å². The van der Waals surface area contributed by atoms with E-state index in [0.29, 0.717) is 0 Å². The van der Waals surface area contributed by atoms with Crippen LogP contribution in [0.3, 0.4) is 0 Å². The SMILES string of the molecule is CCCCCN(CCCCC)c1ccc(/C=C\c2ccnc3ccccc23)cc1. The van der Waals surface area contributed by atoms with Gasteiger partial charge in [0.2, 0.25) is 0 Å². The van der Waals surface area contributed by atoms with E-state index in [2.05, 4.69) is 84.4 Å². The van der Waals surface area contributed by atoms with E-state index in [1.807, 2.05) is 12.3 Å². The lowest BCUT2D eigenvalue weighted by Crippen LogP contribution is -2.25. The van der Waals surface area contributed by atoms with E-state index >= 15 is 0 Å². The van der Waals surface area contributed by atoms with Crippen molar-refractivity contribution in [2.75, 3.05) is 18.0 Å². The molecule has 152 valence electrons. The zero-order chi connectivity index (χ0) is 20.3. The van der Waals surface area contributed by atoms with Crippen LogP contribution in [0.2, 0.25) is 0 Å². The monoisotopic (exact) mass is 386 g/mol. The number of hydrogen-bond donors (Lipinski definition) is 0. The Morgan fingerprint density at radius 3 is 2.14 bits per heavy atom. The molecule has 29 heavy (non-hydrogen) atoms. The number of para-hydroxylation sites is 1. The first-order valence-electron chi connectivity index (χ1n) is 11.2. The maximum Gasteiger partial charge on any atom is 0.0707 e. The van der Waals surface area contributed by atoms with Gasteiger partial charge in [0, 0.05) is 30.4 Å². The topological polar surface area (TPSA) is 16.1 Å². The number of rotatable bonds is 11. The molecule has 0 amide bonds. The van der Waals surface area contributed by atoms with Crippen molar-refractivity contribution in [2.45, 2.75) is 52.4 Å². The van der Waals surface area contributed by atoms with Crippen LogP contribution in [0.25, 0.3) is 23.1 Å². The van der Waals surface area contributed by atoms with Crippen LogP contribution in [0, 0.1) is 0 Å². The van der Waals surface area contributed by atoms with Crippen LogP contribution >= 0.6 is 0 Å². The third-order valence-electron chi connectivity index (χ3n) is 5.46. The average molecular weight is 387 g/mol. The lowest BCUT2D eigenvalue weighted by molar-refractivity contribution is 0.636. The quantitative estimate of drug-likeness (QED) is 0.315. The highest BCUT2D eigenvalue weighted by molar-refractivity contribution is 5.90. The van der Waals surface area contributed by atoms with Crippen LogP contribution in [-0.4, -0.2) is 18.1 Å². The smallest absolute Gasteiger partial charge is 0.0707 e. The van der Waals surface area contributed by atoms with Gasteiger partial charge in [0.1, 0.15) is 0 Å². The first kappa shape index (κ1) is 21.1. The van der Waals surface area contributed by atoms with Crippen molar-refractivity contribution in [3.63, 3.8) is 0 Å². The molecule has 2 nitrogen and oxygen atoms in total. The maximum atomic E-state index is 4.45. The molecule has 2 heteroatoms. The lowest BCUT2D eigenvalue weighted by atomic mass is 10.1. The second kappa shape index (κ2) is 11.4. The lowest BCUT2D eigenvalue weighted by Gasteiger charge is -2.25. The van der Waals surface area contributed by atoms with Gasteiger partial charge in [0.15, 0.2) is 0 Å². The Kier molecular flexibility index (Phi) is 8.30. The fourth-order valence-electron chi connectivity index (χ4n) is 3.72. The number of nitrogens with zero attached hydrogens (tertiary/aromatic N) is 2. The minimum atomic E-state index is 1.04. The van der Waals surface area contributed by atoms with Gasteiger partial charge < -0.3 is 4.90 Å². The van der Waals surface area contributed by atoms with Gasteiger partial charge in [0.05, 0.1) is 5.52 Å². The van der Waals surface area contributed by atoms with E-state index in [0.717, 1.165) is 18.6 Å². The number of unbranched alkanes of at least 4 members (excludes halogenated alkanes) is 4. The second-order valence-corrected chi connectivity index (χ2v) is 7.74. The molecule has 0 atom stereocenters. The zero-order valence-corrected chi connectivity index (χ0v) is 18.0. The van der Waals surface area contributed by atoms with Crippen LogP contribution in [-0.2, 0) is 0 Å².